The molecule has 1 heterocycles. The molecule has 1 aliphatic heterocycles. The molecule has 24 heavy (non-hydrogen) atoms. The van der Waals surface area contributed by atoms with E-state index in [2.05, 4.69) is 28.5 Å². The van der Waals surface area contributed by atoms with Gasteiger partial charge < -0.3 is 15.8 Å². The number of hydrogen-bond donors (Lipinski definition) is 2. The quantitative estimate of drug-likeness (QED) is 0.662. The summed E-state index contributed by atoms with van der Waals surface area (Å²) in [7, 11) is 0. The predicted molar refractivity (Wildman–Crippen MR) is 96.7 cm³/mol. The highest BCUT2D eigenvalue weighted by Gasteiger charge is 2.38. The number of ether oxygens (including phenoxy) is 1. The first-order valence-corrected chi connectivity index (χ1v) is 8.65. The van der Waals surface area contributed by atoms with Crippen LogP contribution < -0.4 is 15.8 Å². The van der Waals surface area contributed by atoms with Crippen molar-refractivity contribution in [2.24, 2.45) is 10.7 Å². The van der Waals surface area contributed by atoms with E-state index in [0.29, 0.717) is 24.5 Å². The van der Waals surface area contributed by atoms with Gasteiger partial charge >= 0.3 is 0 Å². The Morgan fingerprint density at radius 1 is 1.17 bits per heavy atom. The largest absolute Gasteiger partial charge is 0.493 e. The highest BCUT2D eigenvalue weighted by atomic mass is 35.5. The maximum atomic E-state index is 6.14. The van der Waals surface area contributed by atoms with Gasteiger partial charge in [0.05, 0.1) is 12.6 Å². The molecule has 0 amide bonds. The van der Waals surface area contributed by atoms with Gasteiger partial charge in [-0.3, -0.25) is 0 Å². The summed E-state index contributed by atoms with van der Waals surface area (Å²) in [5, 5.41) is 4.12. The summed E-state index contributed by atoms with van der Waals surface area (Å²) in [6.07, 6.45) is 1.92. The lowest BCUT2D eigenvalue weighted by molar-refractivity contribution is 0.269. The molecule has 2 aromatic carbocycles. The molecule has 1 aliphatic carbocycles. The molecule has 1 fully saturated rings. The molecule has 0 aromatic heterocycles. The molecule has 2 aromatic rings. The van der Waals surface area contributed by atoms with Crippen molar-refractivity contribution < 1.29 is 4.74 Å². The van der Waals surface area contributed by atoms with Gasteiger partial charge in [0.1, 0.15) is 5.75 Å². The number of nitrogens with one attached hydrogen (secondary N) is 1. The fourth-order valence-corrected chi connectivity index (χ4v) is 3.41. The van der Waals surface area contributed by atoms with E-state index in [4.69, 9.17) is 22.1 Å². The summed E-state index contributed by atoms with van der Waals surface area (Å²) in [4.78, 5) is 4.68. The van der Waals surface area contributed by atoms with Crippen LogP contribution in [0.1, 0.15) is 35.9 Å². The van der Waals surface area contributed by atoms with E-state index < -0.39 is 0 Å². The van der Waals surface area contributed by atoms with Gasteiger partial charge in [0.2, 0.25) is 0 Å². The number of hydrogen-bond acceptors (Lipinski definition) is 2. The Bertz CT molecular complexity index is 759. The van der Waals surface area contributed by atoms with Crippen molar-refractivity contribution in [3.8, 4) is 5.75 Å². The Balaban J connectivity index is 1.41. The Kier molecular flexibility index (Phi) is 4.07. The van der Waals surface area contributed by atoms with E-state index in [-0.39, 0.29) is 6.04 Å². The summed E-state index contributed by atoms with van der Waals surface area (Å²) < 4.78 is 5.67. The number of halogens is 1. The lowest BCUT2D eigenvalue weighted by Crippen LogP contribution is -2.35. The van der Waals surface area contributed by atoms with Crippen molar-refractivity contribution >= 4 is 17.6 Å². The third-order valence-corrected chi connectivity index (χ3v) is 4.90. The van der Waals surface area contributed by atoms with E-state index in [1.807, 2.05) is 30.3 Å². The van der Waals surface area contributed by atoms with E-state index in [9.17, 15) is 0 Å². The summed E-state index contributed by atoms with van der Waals surface area (Å²) in [6.45, 7) is 0.676. The van der Waals surface area contributed by atoms with Crippen molar-refractivity contribution in [2.75, 3.05) is 6.61 Å². The molecule has 0 radical (unpaired) electrons. The minimum atomic E-state index is 0.0650. The van der Waals surface area contributed by atoms with Gasteiger partial charge in [0, 0.05) is 29.0 Å². The van der Waals surface area contributed by atoms with E-state index in [0.717, 1.165) is 29.2 Å². The number of nitrogens with two attached hydrogens (primary N) is 1. The highest BCUT2D eigenvalue weighted by molar-refractivity contribution is 6.30. The van der Waals surface area contributed by atoms with E-state index in [1.165, 1.54) is 5.56 Å². The van der Waals surface area contributed by atoms with Crippen LogP contribution >= 0.6 is 11.6 Å². The fourth-order valence-electron chi connectivity index (χ4n) is 3.29. The monoisotopic (exact) mass is 341 g/mol. The molecule has 1 saturated carbocycles. The standard InChI is InChI=1S/C19H20ClN3O/c20-13-7-5-12(6-8-13)15-11-17(15)23-19(21)22-16-9-10-24-18-4-2-1-3-14(16)18/h1-8,15-17H,9-11H2,(H3,21,22,23)/t15-,16?,17+/m0/s1. The average molecular weight is 342 g/mol. The SMILES string of the molecule is NC(=NC1CCOc2ccccc21)N[C@@H]1C[C@H]1c1ccc(Cl)cc1. The van der Waals surface area contributed by atoms with Crippen LogP contribution in [0.25, 0.3) is 0 Å². The third kappa shape index (κ3) is 3.20. The number of aliphatic imine (C=N–C) groups is 1. The van der Waals surface area contributed by atoms with Crippen LogP contribution in [-0.2, 0) is 0 Å². The Morgan fingerprint density at radius 2 is 1.96 bits per heavy atom. The van der Waals surface area contributed by atoms with Crippen molar-refractivity contribution in [1.29, 1.82) is 0 Å². The van der Waals surface area contributed by atoms with Gasteiger partial charge in [-0.25, -0.2) is 4.99 Å². The molecule has 4 rings (SSSR count). The minimum absolute atomic E-state index is 0.0650. The number of fused-ring (bicyclic) bond motifs is 1. The lowest BCUT2D eigenvalue weighted by atomic mass is 10.0. The zero-order valence-corrected chi connectivity index (χ0v) is 14.0. The first-order valence-electron chi connectivity index (χ1n) is 8.28. The van der Waals surface area contributed by atoms with E-state index >= 15 is 0 Å². The molecule has 0 saturated heterocycles. The minimum Gasteiger partial charge on any atom is -0.493 e. The van der Waals surface area contributed by atoms with Crippen LogP contribution in [0.4, 0.5) is 0 Å². The topological polar surface area (TPSA) is 59.6 Å². The number of benzene rings is 2. The van der Waals surface area contributed by atoms with E-state index in [1.54, 1.807) is 0 Å². The van der Waals surface area contributed by atoms with Crippen LogP contribution in [0.15, 0.2) is 53.5 Å². The molecule has 1 unspecified atom stereocenters. The second-order valence-electron chi connectivity index (χ2n) is 6.35. The third-order valence-electron chi connectivity index (χ3n) is 4.64. The molecule has 0 bridgehead atoms. The maximum Gasteiger partial charge on any atom is 0.189 e. The Hall–Kier alpha value is -2.20. The molecule has 3 atom stereocenters. The van der Waals surface area contributed by atoms with Crippen molar-refractivity contribution in [1.82, 2.24) is 5.32 Å². The number of para-hydroxylation sites is 1. The van der Waals surface area contributed by atoms with Crippen molar-refractivity contribution in [2.45, 2.75) is 30.8 Å². The number of nitrogens with zero attached hydrogens (tertiary/aromatic N) is 1. The van der Waals surface area contributed by atoms with Gasteiger partial charge in [-0.05, 0) is 30.2 Å². The Morgan fingerprint density at radius 3 is 2.79 bits per heavy atom. The molecule has 4 nitrogen and oxygen atoms in total. The second kappa shape index (κ2) is 6.36. The van der Waals surface area contributed by atoms with Crippen LogP contribution in [-0.4, -0.2) is 18.6 Å². The molecule has 0 spiro atoms. The summed E-state index contributed by atoms with van der Waals surface area (Å²) in [5.74, 6) is 1.91. The summed E-state index contributed by atoms with van der Waals surface area (Å²) in [6, 6.07) is 16.5. The molecule has 3 N–H and O–H groups in total. The average Bonchev–Trinajstić information content (AvgIpc) is 3.35. The van der Waals surface area contributed by atoms with Gasteiger partial charge in [0.15, 0.2) is 5.96 Å². The van der Waals surface area contributed by atoms with Crippen LogP contribution in [0.2, 0.25) is 5.02 Å². The van der Waals surface area contributed by atoms with Crippen molar-refractivity contribution in [3.63, 3.8) is 0 Å². The first-order chi connectivity index (χ1) is 11.7. The molecule has 5 heteroatoms. The molecular weight excluding hydrogens is 322 g/mol. The molecule has 2 aliphatic rings. The van der Waals surface area contributed by atoms with Gasteiger partial charge in [-0.2, -0.15) is 0 Å². The number of rotatable bonds is 3. The van der Waals surface area contributed by atoms with Crippen LogP contribution in [0.5, 0.6) is 5.75 Å². The van der Waals surface area contributed by atoms with Crippen LogP contribution in [0.3, 0.4) is 0 Å². The van der Waals surface area contributed by atoms with Gasteiger partial charge in [-0.15, -0.1) is 0 Å². The van der Waals surface area contributed by atoms with Crippen LogP contribution in [0, 0.1) is 0 Å². The predicted octanol–water partition coefficient (Wildman–Crippen LogP) is 3.62. The highest BCUT2D eigenvalue weighted by Crippen LogP contribution is 2.41. The van der Waals surface area contributed by atoms with Crippen molar-refractivity contribution in [3.05, 3.63) is 64.7 Å². The zero-order valence-electron chi connectivity index (χ0n) is 13.3. The maximum absolute atomic E-state index is 6.14. The number of guanidine groups is 1. The molecule has 124 valence electrons. The second-order valence-corrected chi connectivity index (χ2v) is 6.79. The summed E-state index contributed by atoms with van der Waals surface area (Å²) >= 11 is 5.94. The fraction of sp³-hybridized carbons (Fsp3) is 0.316. The van der Waals surface area contributed by atoms with Gasteiger partial charge in [0.25, 0.3) is 0 Å². The Labute approximate surface area is 146 Å². The molecular formula is C19H20ClN3O. The summed E-state index contributed by atoms with van der Waals surface area (Å²) in [5.41, 5.74) is 8.55. The zero-order chi connectivity index (χ0) is 16.5. The normalized spacial score (nSPS) is 25.5. The first kappa shape index (κ1) is 15.3. The van der Waals surface area contributed by atoms with Gasteiger partial charge in [-0.1, -0.05) is 41.9 Å². The smallest absolute Gasteiger partial charge is 0.189 e. The lowest BCUT2D eigenvalue weighted by Gasteiger charge is -2.23.